The van der Waals surface area contributed by atoms with E-state index in [0.717, 1.165) is 5.56 Å². The Morgan fingerprint density at radius 3 is 1.93 bits per heavy atom. The molecule has 30 heavy (non-hydrogen) atoms. The second-order valence-electron chi connectivity index (χ2n) is 6.61. The predicted octanol–water partition coefficient (Wildman–Crippen LogP) is 4.22. The number of ether oxygens (including phenoxy) is 5. The van der Waals surface area contributed by atoms with E-state index in [0.29, 0.717) is 16.9 Å². The fourth-order valence-electron chi connectivity index (χ4n) is 3.74. The van der Waals surface area contributed by atoms with Crippen LogP contribution in [-0.4, -0.2) is 40.2 Å². The first kappa shape index (κ1) is 21.8. The predicted molar refractivity (Wildman–Crippen MR) is 113 cm³/mol. The molecule has 2 aromatic rings. The number of rotatable bonds is 7. The van der Waals surface area contributed by atoms with Gasteiger partial charge in [0.15, 0.2) is 0 Å². The summed E-state index contributed by atoms with van der Waals surface area (Å²) < 4.78 is 29.2. The Morgan fingerprint density at radius 2 is 1.43 bits per heavy atom. The van der Waals surface area contributed by atoms with Crippen LogP contribution < -0.4 is 0 Å². The van der Waals surface area contributed by atoms with Crippen molar-refractivity contribution in [1.82, 2.24) is 0 Å². The van der Waals surface area contributed by atoms with Crippen molar-refractivity contribution in [3.63, 3.8) is 0 Å². The van der Waals surface area contributed by atoms with Crippen LogP contribution in [0.1, 0.15) is 11.1 Å². The second kappa shape index (κ2) is 9.24. The highest BCUT2D eigenvalue weighted by molar-refractivity contribution is 5.70. The van der Waals surface area contributed by atoms with Gasteiger partial charge in [-0.2, -0.15) is 5.26 Å². The van der Waals surface area contributed by atoms with Crippen LogP contribution in [0.4, 0.5) is 0 Å². The van der Waals surface area contributed by atoms with Gasteiger partial charge in [-0.25, -0.2) is 0 Å². The first-order chi connectivity index (χ1) is 14.6. The lowest BCUT2D eigenvalue weighted by Crippen LogP contribution is -2.66. The Kier molecular flexibility index (Phi) is 6.70. The van der Waals surface area contributed by atoms with E-state index in [1.54, 1.807) is 0 Å². The highest BCUT2D eigenvalue weighted by Crippen LogP contribution is 2.50. The molecule has 0 spiro atoms. The summed E-state index contributed by atoms with van der Waals surface area (Å²) >= 11 is 0. The quantitative estimate of drug-likeness (QED) is 0.640. The molecule has 1 aliphatic rings. The molecule has 0 saturated heterocycles. The van der Waals surface area contributed by atoms with Crippen molar-refractivity contribution in [2.45, 2.75) is 11.8 Å². The topological polar surface area (TPSA) is 69.9 Å². The SMILES string of the molecule is COC1(OC)OC(c2ccccc2)=C(C#N)[C@H](/C=C\c2ccccc2)C1(OC)OC. The molecule has 6 nitrogen and oxygen atoms in total. The molecule has 0 amide bonds. The molecule has 0 radical (unpaired) electrons. The number of benzene rings is 2. The van der Waals surface area contributed by atoms with Crippen LogP contribution in [-0.2, 0) is 23.7 Å². The van der Waals surface area contributed by atoms with E-state index < -0.39 is 17.7 Å². The molecule has 0 fully saturated rings. The number of hydrogen-bond donors (Lipinski definition) is 0. The van der Waals surface area contributed by atoms with Gasteiger partial charge in [-0.1, -0.05) is 72.8 Å². The lowest BCUT2D eigenvalue weighted by atomic mass is 9.83. The molecule has 6 heteroatoms. The average Bonchev–Trinajstić information content (AvgIpc) is 2.82. The Bertz CT molecular complexity index is 939. The van der Waals surface area contributed by atoms with Crippen LogP contribution >= 0.6 is 0 Å². The Hall–Kier alpha value is -2.95. The third-order valence-corrected chi connectivity index (χ3v) is 5.21. The molecule has 0 unspecified atom stereocenters. The van der Waals surface area contributed by atoms with E-state index in [1.165, 1.54) is 28.4 Å². The zero-order chi connectivity index (χ0) is 21.6. The molecule has 0 aromatic heterocycles. The van der Waals surface area contributed by atoms with Crippen molar-refractivity contribution in [1.29, 1.82) is 5.26 Å². The highest BCUT2D eigenvalue weighted by atomic mass is 16.9. The van der Waals surface area contributed by atoms with Gasteiger partial charge >= 0.3 is 5.97 Å². The van der Waals surface area contributed by atoms with E-state index in [4.69, 9.17) is 23.7 Å². The summed E-state index contributed by atoms with van der Waals surface area (Å²) in [5.74, 6) is -3.69. The van der Waals surface area contributed by atoms with Crippen molar-refractivity contribution < 1.29 is 23.7 Å². The first-order valence-corrected chi connectivity index (χ1v) is 9.44. The summed E-state index contributed by atoms with van der Waals surface area (Å²) in [6.45, 7) is 0. The minimum atomic E-state index is -1.76. The zero-order valence-electron chi connectivity index (χ0n) is 17.5. The largest absolute Gasteiger partial charge is 0.433 e. The number of methoxy groups -OCH3 is 4. The van der Waals surface area contributed by atoms with E-state index in [-0.39, 0.29) is 0 Å². The Labute approximate surface area is 176 Å². The van der Waals surface area contributed by atoms with Gasteiger partial charge in [-0.15, -0.1) is 0 Å². The highest BCUT2D eigenvalue weighted by Gasteiger charge is 2.66. The van der Waals surface area contributed by atoms with Crippen molar-refractivity contribution in [3.8, 4) is 6.07 Å². The fourth-order valence-corrected chi connectivity index (χ4v) is 3.74. The summed E-state index contributed by atoms with van der Waals surface area (Å²) in [6.07, 6.45) is 3.75. The van der Waals surface area contributed by atoms with Gasteiger partial charge in [-0.3, -0.25) is 0 Å². The smallest absolute Gasteiger partial charge is 0.385 e. The first-order valence-electron chi connectivity index (χ1n) is 9.44. The minimum Gasteiger partial charge on any atom is -0.433 e. The number of nitriles is 1. The summed E-state index contributed by atoms with van der Waals surface area (Å²) in [5, 5.41) is 10.1. The van der Waals surface area contributed by atoms with E-state index in [1.807, 2.05) is 72.8 Å². The Balaban J connectivity index is 2.27. The van der Waals surface area contributed by atoms with Gasteiger partial charge in [0.1, 0.15) is 5.76 Å². The molecule has 0 bridgehead atoms. The van der Waals surface area contributed by atoms with Crippen LogP contribution in [0.5, 0.6) is 0 Å². The Morgan fingerprint density at radius 1 is 0.867 bits per heavy atom. The van der Waals surface area contributed by atoms with Gasteiger partial charge in [0.25, 0.3) is 5.79 Å². The van der Waals surface area contributed by atoms with Crippen molar-refractivity contribution in [2.75, 3.05) is 28.4 Å². The summed E-state index contributed by atoms with van der Waals surface area (Å²) in [5.41, 5.74) is 2.01. The second-order valence-corrected chi connectivity index (χ2v) is 6.61. The normalized spacial score (nSPS) is 20.0. The van der Waals surface area contributed by atoms with Crippen molar-refractivity contribution >= 4 is 11.8 Å². The molecule has 1 atom stereocenters. The molecular formula is C24H25NO5. The summed E-state index contributed by atoms with van der Waals surface area (Å²) in [7, 11) is 5.81. The molecule has 0 N–H and O–H groups in total. The maximum Gasteiger partial charge on any atom is 0.385 e. The van der Waals surface area contributed by atoms with Crippen LogP contribution in [0.15, 0.2) is 72.3 Å². The van der Waals surface area contributed by atoms with Gasteiger partial charge in [-0.05, 0) is 5.56 Å². The molecule has 2 aromatic carbocycles. The standard InChI is InChI=1S/C24H25NO5/c1-26-23(27-2)21(16-15-18-11-7-5-8-12-18)20(17-25)22(19-13-9-6-10-14-19)30-24(23,28-3)29-4/h5-16,21H,1-4H3/b16-15-/t21-/m0/s1. The van der Waals surface area contributed by atoms with Gasteiger partial charge in [0, 0.05) is 34.0 Å². The summed E-state index contributed by atoms with van der Waals surface area (Å²) in [6, 6.07) is 21.4. The molecule has 3 rings (SSSR count). The van der Waals surface area contributed by atoms with Crippen LogP contribution in [0.3, 0.4) is 0 Å². The summed E-state index contributed by atoms with van der Waals surface area (Å²) in [4.78, 5) is 0. The number of hydrogen-bond acceptors (Lipinski definition) is 6. The molecule has 1 heterocycles. The molecule has 1 aliphatic heterocycles. The lowest BCUT2D eigenvalue weighted by Gasteiger charge is -2.50. The van der Waals surface area contributed by atoms with E-state index in [9.17, 15) is 5.26 Å². The average molecular weight is 407 g/mol. The molecule has 0 aliphatic carbocycles. The molecule has 0 saturated carbocycles. The van der Waals surface area contributed by atoms with Crippen LogP contribution in [0.25, 0.3) is 11.8 Å². The van der Waals surface area contributed by atoms with E-state index >= 15 is 0 Å². The van der Waals surface area contributed by atoms with Gasteiger partial charge in [0.05, 0.1) is 17.6 Å². The monoisotopic (exact) mass is 407 g/mol. The van der Waals surface area contributed by atoms with Gasteiger partial charge < -0.3 is 23.7 Å². The zero-order valence-corrected chi connectivity index (χ0v) is 17.5. The van der Waals surface area contributed by atoms with Gasteiger partial charge in [0.2, 0.25) is 0 Å². The third kappa shape index (κ3) is 3.53. The maximum atomic E-state index is 10.1. The lowest BCUT2D eigenvalue weighted by molar-refractivity contribution is -0.476. The van der Waals surface area contributed by atoms with Crippen molar-refractivity contribution in [3.05, 3.63) is 83.4 Å². The minimum absolute atomic E-state index is 0.335. The third-order valence-electron chi connectivity index (χ3n) is 5.21. The molecule has 156 valence electrons. The van der Waals surface area contributed by atoms with Crippen molar-refractivity contribution in [2.24, 2.45) is 5.92 Å². The molecular weight excluding hydrogens is 382 g/mol. The maximum absolute atomic E-state index is 10.1. The fraction of sp³-hybridized carbons (Fsp3) is 0.292. The van der Waals surface area contributed by atoms with Crippen LogP contribution in [0.2, 0.25) is 0 Å². The van der Waals surface area contributed by atoms with Crippen LogP contribution in [0, 0.1) is 17.2 Å². The number of nitrogens with zero attached hydrogens (tertiary/aromatic N) is 1. The van der Waals surface area contributed by atoms with E-state index in [2.05, 4.69) is 6.07 Å².